The van der Waals surface area contributed by atoms with Crippen molar-refractivity contribution in [2.75, 3.05) is 17.2 Å². The van der Waals surface area contributed by atoms with E-state index in [9.17, 15) is 4.79 Å². The van der Waals surface area contributed by atoms with Crippen LogP contribution in [0.4, 0.5) is 11.5 Å². The molecule has 6 heteroatoms. The maximum Gasteiger partial charge on any atom is 0.276 e. The molecule has 0 aliphatic heterocycles. The summed E-state index contributed by atoms with van der Waals surface area (Å²) < 4.78 is 0. The number of allylic oxidation sites excluding steroid dienone is 1. The molecule has 0 radical (unpaired) electrons. The van der Waals surface area contributed by atoms with Gasteiger partial charge in [-0.1, -0.05) is 11.6 Å². The van der Waals surface area contributed by atoms with Crippen molar-refractivity contribution in [3.8, 4) is 6.07 Å². The Balaban J connectivity index is 1.50. The number of nitrogens with zero attached hydrogens (tertiary/aromatic N) is 3. The molecule has 0 spiro atoms. The second-order valence-corrected chi connectivity index (χ2v) is 6.23. The standard InChI is InChI=1S/C20H21N5O/c21-14-16-6-8-17(9-7-16)23-20(26)18-10-11-19(25-24-18)22-13-12-15-4-2-1-3-5-15/h4,6-11H,1-3,5,12-13H2,(H,22,25)(H,23,26). The predicted octanol–water partition coefficient (Wildman–Crippen LogP) is 3.90. The van der Waals surface area contributed by atoms with Crippen LogP contribution in [0.2, 0.25) is 0 Å². The highest BCUT2D eigenvalue weighted by Crippen LogP contribution is 2.20. The zero-order valence-electron chi connectivity index (χ0n) is 14.5. The fraction of sp³-hybridized carbons (Fsp3) is 0.300. The van der Waals surface area contributed by atoms with E-state index in [0.717, 1.165) is 13.0 Å². The van der Waals surface area contributed by atoms with E-state index in [1.54, 1.807) is 36.4 Å². The third-order valence-electron chi connectivity index (χ3n) is 4.31. The third kappa shape index (κ3) is 4.90. The highest BCUT2D eigenvalue weighted by Gasteiger charge is 2.09. The average molecular weight is 347 g/mol. The van der Waals surface area contributed by atoms with Gasteiger partial charge >= 0.3 is 0 Å². The lowest BCUT2D eigenvalue weighted by Gasteiger charge is -2.13. The second kappa shape index (κ2) is 8.77. The maximum absolute atomic E-state index is 12.2. The Hall–Kier alpha value is -3.20. The van der Waals surface area contributed by atoms with Crippen molar-refractivity contribution >= 4 is 17.4 Å². The van der Waals surface area contributed by atoms with Crippen LogP contribution in [-0.2, 0) is 0 Å². The van der Waals surface area contributed by atoms with E-state index in [1.807, 2.05) is 6.07 Å². The summed E-state index contributed by atoms with van der Waals surface area (Å²) in [6, 6.07) is 12.1. The number of carbonyl (C=O) groups is 1. The monoisotopic (exact) mass is 347 g/mol. The summed E-state index contributed by atoms with van der Waals surface area (Å²) in [4.78, 5) is 12.2. The first-order valence-corrected chi connectivity index (χ1v) is 8.81. The van der Waals surface area contributed by atoms with Crippen LogP contribution >= 0.6 is 0 Å². The molecule has 0 saturated heterocycles. The zero-order chi connectivity index (χ0) is 18.2. The molecule has 1 aliphatic carbocycles. The highest BCUT2D eigenvalue weighted by atomic mass is 16.1. The molecule has 1 aromatic heterocycles. The minimum absolute atomic E-state index is 0.245. The van der Waals surface area contributed by atoms with Gasteiger partial charge in [-0.2, -0.15) is 5.26 Å². The van der Waals surface area contributed by atoms with E-state index in [0.29, 0.717) is 17.1 Å². The van der Waals surface area contributed by atoms with E-state index >= 15 is 0 Å². The van der Waals surface area contributed by atoms with Crippen LogP contribution < -0.4 is 10.6 Å². The molecular formula is C20H21N5O. The van der Waals surface area contributed by atoms with Gasteiger partial charge in [0, 0.05) is 12.2 Å². The van der Waals surface area contributed by atoms with Crippen molar-refractivity contribution in [1.29, 1.82) is 5.26 Å². The van der Waals surface area contributed by atoms with E-state index in [4.69, 9.17) is 5.26 Å². The predicted molar refractivity (Wildman–Crippen MR) is 101 cm³/mol. The van der Waals surface area contributed by atoms with Crippen molar-refractivity contribution in [2.45, 2.75) is 32.1 Å². The topological polar surface area (TPSA) is 90.7 Å². The first-order chi connectivity index (χ1) is 12.7. The molecule has 2 N–H and O–H groups in total. The minimum Gasteiger partial charge on any atom is -0.368 e. The Labute approximate surface area is 153 Å². The van der Waals surface area contributed by atoms with Crippen LogP contribution in [0, 0.1) is 11.3 Å². The van der Waals surface area contributed by atoms with Gasteiger partial charge in [-0.05, 0) is 68.5 Å². The summed E-state index contributed by atoms with van der Waals surface area (Å²) >= 11 is 0. The van der Waals surface area contributed by atoms with Gasteiger partial charge in [0.2, 0.25) is 0 Å². The molecule has 1 aromatic carbocycles. The summed E-state index contributed by atoms with van der Waals surface area (Å²) in [5.41, 5.74) is 2.91. The van der Waals surface area contributed by atoms with Crippen LogP contribution in [-0.4, -0.2) is 22.6 Å². The van der Waals surface area contributed by atoms with Gasteiger partial charge in [0.25, 0.3) is 5.91 Å². The Morgan fingerprint density at radius 2 is 1.96 bits per heavy atom. The van der Waals surface area contributed by atoms with E-state index in [2.05, 4.69) is 26.9 Å². The van der Waals surface area contributed by atoms with E-state index in [1.165, 1.54) is 31.3 Å². The normalized spacial score (nSPS) is 13.4. The summed E-state index contributed by atoms with van der Waals surface area (Å²) in [7, 11) is 0. The molecule has 0 bridgehead atoms. The zero-order valence-corrected chi connectivity index (χ0v) is 14.5. The molecule has 0 atom stereocenters. The van der Waals surface area contributed by atoms with Crippen molar-refractivity contribution in [1.82, 2.24) is 10.2 Å². The molecule has 132 valence electrons. The number of carbonyl (C=O) groups excluding carboxylic acids is 1. The van der Waals surface area contributed by atoms with Gasteiger partial charge in [0.1, 0.15) is 5.82 Å². The number of benzene rings is 1. The van der Waals surface area contributed by atoms with Gasteiger partial charge < -0.3 is 10.6 Å². The van der Waals surface area contributed by atoms with Crippen LogP contribution in [0.5, 0.6) is 0 Å². The van der Waals surface area contributed by atoms with Gasteiger partial charge in [-0.3, -0.25) is 4.79 Å². The molecule has 0 unspecified atom stereocenters. The largest absolute Gasteiger partial charge is 0.368 e. The number of hydrogen-bond donors (Lipinski definition) is 2. The van der Waals surface area contributed by atoms with Gasteiger partial charge in [-0.25, -0.2) is 0 Å². The molecular weight excluding hydrogens is 326 g/mol. The molecule has 2 aromatic rings. The fourth-order valence-corrected chi connectivity index (χ4v) is 2.85. The van der Waals surface area contributed by atoms with Crippen LogP contribution in [0.3, 0.4) is 0 Å². The number of hydrogen-bond acceptors (Lipinski definition) is 5. The van der Waals surface area contributed by atoms with Crippen molar-refractivity contribution in [3.63, 3.8) is 0 Å². The summed E-state index contributed by atoms with van der Waals surface area (Å²) in [5.74, 6) is 0.331. The van der Waals surface area contributed by atoms with Crippen LogP contribution in [0.1, 0.15) is 48.2 Å². The quantitative estimate of drug-likeness (QED) is 0.773. The minimum atomic E-state index is -0.332. The van der Waals surface area contributed by atoms with Crippen LogP contribution in [0.25, 0.3) is 0 Å². The summed E-state index contributed by atoms with van der Waals surface area (Å²) in [6.07, 6.45) is 8.33. The van der Waals surface area contributed by atoms with Crippen molar-refractivity contribution < 1.29 is 4.79 Å². The van der Waals surface area contributed by atoms with Crippen molar-refractivity contribution in [2.24, 2.45) is 0 Å². The van der Waals surface area contributed by atoms with E-state index in [-0.39, 0.29) is 11.6 Å². The molecule has 1 aliphatic rings. The number of amides is 1. The summed E-state index contributed by atoms with van der Waals surface area (Å²) in [5, 5.41) is 22.8. The first-order valence-electron chi connectivity index (χ1n) is 8.81. The molecule has 3 rings (SSSR count). The average Bonchev–Trinajstić information content (AvgIpc) is 2.70. The first kappa shape index (κ1) is 17.6. The number of rotatable bonds is 6. The maximum atomic E-state index is 12.2. The molecule has 0 saturated carbocycles. The van der Waals surface area contributed by atoms with Crippen LogP contribution in [0.15, 0.2) is 48.0 Å². The number of nitrogens with one attached hydrogen (secondary N) is 2. The Kier molecular flexibility index (Phi) is 5.94. The fourth-order valence-electron chi connectivity index (χ4n) is 2.85. The summed E-state index contributed by atoms with van der Waals surface area (Å²) in [6.45, 7) is 0.817. The molecule has 26 heavy (non-hydrogen) atoms. The lowest BCUT2D eigenvalue weighted by Crippen LogP contribution is -2.15. The Morgan fingerprint density at radius 1 is 1.12 bits per heavy atom. The van der Waals surface area contributed by atoms with Gasteiger partial charge in [0.05, 0.1) is 11.6 Å². The van der Waals surface area contributed by atoms with Gasteiger partial charge in [-0.15, -0.1) is 10.2 Å². The molecule has 1 heterocycles. The molecule has 1 amide bonds. The Morgan fingerprint density at radius 3 is 2.62 bits per heavy atom. The van der Waals surface area contributed by atoms with E-state index < -0.39 is 0 Å². The second-order valence-electron chi connectivity index (χ2n) is 6.23. The SMILES string of the molecule is N#Cc1ccc(NC(=O)c2ccc(NCCC3=CCCCC3)nn2)cc1. The van der Waals surface area contributed by atoms with Crippen molar-refractivity contribution in [3.05, 3.63) is 59.3 Å². The molecule has 0 fully saturated rings. The number of aromatic nitrogens is 2. The lowest BCUT2D eigenvalue weighted by molar-refractivity contribution is 0.102. The van der Waals surface area contributed by atoms with Gasteiger partial charge in [0.15, 0.2) is 5.69 Å². The lowest BCUT2D eigenvalue weighted by atomic mass is 9.97. The third-order valence-corrected chi connectivity index (χ3v) is 4.31. The highest BCUT2D eigenvalue weighted by molar-refractivity contribution is 6.02. The molecule has 6 nitrogen and oxygen atoms in total. The number of nitriles is 1. The Bertz CT molecular complexity index is 819. The smallest absolute Gasteiger partial charge is 0.276 e. The number of anilines is 2.